The van der Waals surface area contributed by atoms with E-state index in [1.807, 2.05) is 27.2 Å². The molecule has 1 unspecified atom stereocenters. The Morgan fingerprint density at radius 1 is 0.786 bits per heavy atom. The first kappa shape index (κ1) is 27.5. The monoisotopic (exact) mass is 418 g/mol. The Balaban J connectivity index is 3.85. The first-order chi connectivity index (χ1) is 13.0. The maximum absolute atomic E-state index is 11.7. The fraction of sp³-hybridized carbons (Fsp3) is 0.818. The summed E-state index contributed by atoms with van der Waals surface area (Å²) < 4.78 is 12.0. The number of hydrogen-bond donors (Lipinski definition) is 3. The lowest BCUT2D eigenvalue weighted by molar-refractivity contribution is -0.875. The molecule has 0 spiro atoms. The minimum Gasteiger partial charge on any atom is -0.373 e. The van der Waals surface area contributed by atoms with Crippen molar-refractivity contribution in [1.82, 2.24) is 0 Å². The molecule has 1 atom stereocenters. The third-order valence-corrected chi connectivity index (χ3v) is 6.21. The van der Waals surface area contributed by atoms with Crippen LogP contribution in [0.25, 0.3) is 0 Å². The molecular weight excluding hydrogens is 373 g/mol. The maximum Gasteiger partial charge on any atom is 0.362 e. The SMILES string of the molecule is CCC/C=C\CCCCCCCC/C=C\CCC(O)(C[N+](C)(C)C)P(=O)(O)O. The molecule has 0 bridgehead atoms. The molecule has 0 radical (unpaired) electrons. The molecule has 0 aromatic rings. The van der Waals surface area contributed by atoms with Gasteiger partial charge in [-0.2, -0.15) is 0 Å². The molecule has 0 fully saturated rings. The summed E-state index contributed by atoms with van der Waals surface area (Å²) in [5.41, 5.74) is 0. The predicted molar refractivity (Wildman–Crippen MR) is 119 cm³/mol. The summed E-state index contributed by atoms with van der Waals surface area (Å²) in [4.78, 5) is 19.1. The van der Waals surface area contributed by atoms with Gasteiger partial charge in [-0.05, 0) is 44.9 Å². The summed E-state index contributed by atoms with van der Waals surface area (Å²) in [7, 11) is 0.887. The van der Waals surface area contributed by atoms with Crippen molar-refractivity contribution in [1.29, 1.82) is 0 Å². The second-order valence-electron chi connectivity index (χ2n) is 8.94. The Hall–Kier alpha value is -0.450. The highest BCUT2D eigenvalue weighted by Crippen LogP contribution is 2.52. The molecule has 0 aliphatic heterocycles. The molecule has 28 heavy (non-hydrogen) atoms. The number of aliphatic hydroxyl groups is 1. The van der Waals surface area contributed by atoms with Crippen molar-refractivity contribution in [2.24, 2.45) is 0 Å². The highest BCUT2D eigenvalue weighted by molar-refractivity contribution is 7.53. The van der Waals surface area contributed by atoms with Crippen molar-refractivity contribution in [3.05, 3.63) is 24.3 Å². The first-order valence-corrected chi connectivity index (χ1v) is 12.5. The number of unbranched alkanes of at least 4 members (excludes halogenated alkanes) is 8. The first-order valence-electron chi connectivity index (χ1n) is 10.9. The molecule has 0 saturated carbocycles. The lowest BCUT2D eigenvalue weighted by Gasteiger charge is -2.35. The Labute approximate surface area is 173 Å². The molecule has 5 nitrogen and oxygen atoms in total. The van der Waals surface area contributed by atoms with Gasteiger partial charge in [0, 0.05) is 0 Å². The fourth-order valence-corrected chi connectivity index (χ4v) is 4.29. The van der Waals surface area contributed by atoms with Crippen LogP contribution in [0.3, 0.4) is 0 Å². The van der Waals surface area contributed by atoms with E-state index in [9.17, 15) is 19.5 Å². The number of rotatable bonds is 17. The van der Waals surface area contributed by atoms with E-state index >= 15 is 0 Å². The third kappa shape index (κ3) is 14.5. The fourth-order valence-electron chi connectivity index (χ4n) is 3.26. The number of allylic oxidation sites excluding steroid dienone is 4. The van der Waals surface area contributed by atoms with Gasteiger partial charge in [0.25, 0.3) is 0 Å². The van der Waals surface area contributed by atoms with Gasteiger partial charge in [-0.3, -0.25) is 4.57 Å². The molecule has 0 aliphatic carbocycles. The topological polar surface area (TPSA) is 77.8 Å². The van der Waals surface area contributed by atoms with Gasteiger partial charge >= 0.3 is 7.60 Å². The lowest BCUT2D eigenvalue weighted by Crippen LogP contribution is -2.49. The Morgan fingerprint density at radius 2 is 1.21 bits per heavy atom. The molecule has 0 aromatic heterocycles. The minimum atomic E-state index is -4.57. The van der Waals surface area contributed by atoms with E-state index in [2.05, 4.69) is 25.2 Å². The van der Waals surface area contributed by atoms with E-state index in [0.717, 1.165) is 12.8 Å². The summed E-state index contributed by atoms with van der Waals surface area (Å²) in [6.45, 7) is 2.23. The molecule has 0 heterocycles. The van der Waals surface area contributed by atoms with Crippen LogP contribution in [0, 0.1) is 0 Å². The van der Waals surface area contributed by atoms with Crippen molar-refractivity contribution in [2.75, 3.05) is 27.7 Å². The van der Waals surface area contributed by atoms with Crippen LogP contribution in [0.4, 0.5) is 0 Å². The minimum absolute atomic E-state index is 0.0273. The van der Waals surface area contributed by atoms with Crippen molar-refractivity contribution in [2.45, 2.75) is 89.3 Å². The number of quaternary nitrogens is 1. The van der Waals surface area contributed by atoms with Crippen LogP contribution in [-0.2, 0) is 4.57 Å². The van der Waals surface area contributed by atoms with Gasteiger partial charge < -0.3 is 19.4 Å². The maximum atomic E-state index is 11.7. The van der Waals surface area contributed by atoms with E-state index in [4.69, 9.17) is 0 Å². The van der Waals surface area contributed by atoms with Gasteiger partial charge in [0.15, 0.2) is 0 Å². The van der Waals surface area contributed by atoms with Gasteiger partial charge in [-0.25, -0.2) is 0 Å². The van der Waals surface area contributed by atoms with E-state index in [-0.39, 0.29) is 13.0 Å². The number of nitrogens with zero attached hydrogens (tertiary/aromatic N) is 1. The standard InChI is InChI=1S/C22H44NO4P/c1-5-6-7-8-9-10-11-12-13-14-15-16-17-18-19-20-22(24,28(25,26)27)21-23(2,3)4/h7-8,17-18,24H,5-6,9-16,19-21H2,1-4H3,(H-,25,26,27)/p+1/b8-7-,18-17-. The molecular formula is C22H45NO4P+. The van der Waals surface area contributed by atoms with Gasteiger partial charge in [0.2, 0.25) is 5.34 Å². The van der Waals surface area contributed by atoms with Gasteiger partial charge in [0.05, 0.1) is 21.1 Å². The zero-order valence-electron chi connectivity index (χ0n) is 18.6. The summed E-state index contributed by atoms with van der Waals surface area (Å²) >= 11 is 0. The second-order valence-corrected chi connectivity index (χ2v) is 10.9. The second kappa shape index (κ2) is 14.5. The van der Waals surface area contributed by atoms with Crippen LogP contribution in [-0.4, -0.2) is 52.4 Å². The average Bonchev–Trinajstić information content (AvgIpc) is 2.56. The molecule has 6 heteroatoms. The summed E-state index contributed by atoms with van der Waals surface area (Å²) in [5, 5.41) is 8.51. The smallest absolute Gasteiger partial charge is 0.362 e. The lowest BCUT2D eigenvalue weighted by atomic mass is 10.1. The number of hydrogen-bond acceptors (Lipinski definition) is 2. The third-order valence-electron chi connectivity index (χ3n) is 4.76. The number of likely N-dealkylation sites (N-methyl/N-ethyl adjacent to an activating group) is 1. The van der Waals surface area contributed by atoms with Crippen LogP contribution in [0.1, 0.15) is 84.0 Å². The van der Waals surface area contributed by atoms with Crippen LogP contribution in [0.2, 0.25) is 0 Å². The van der Waals surface area contributed by atoms with Crippen LogP contribution < -0.4 is 0 Å². The summed E-state index contributed by atoms with van der Waals surface area (Å²) in [6, 6.07) is 0. The van der Waals surface area contributed by atoms with Gasteiger partial charge in [-0.1, -0.05) is 63.3 Å². The average molecular weight is 419 g/mol. The van der Waals surface area contributed by atoms with Crippen LogP contribution in [0.15, 0.2) is 24.3 Å². The van der Waals surface area contributed by atoms with Gasteiger partial charge in [-0.15, -0.1) is 0 Å². The van der Waals surface area contributed by atoms with Crippen molar-refractivity contribution < 1.29 is 23.9 Å². The Morgan fingerprint density at radius 3 is 1.64 bits per heavy atom. The molecule has 3 N–H and O–H groups in total. The molecule has 0 aliphatic rings. The van der Waals surface area contributed by atoms with Gasteiger partial charge in [0.1, 0.15) is 6.54 Å². The van der Waals surface area contributed by atoms with Crippen LogP contribution in [0.5, 0.6) is 0 Å². The molecule has 0 rings (SSSR count). The Bertz CT molecular complexity index is 493. The Kier molecular flexibility index (Phi) is 14.3. The highest BCUT2D eigenvalue weighted by atomic mass is 31.2. The van der Waals surface area contributed by atoms with Crippen molar-refractivity contribution in [3.63, 3.8) is 0 Å². The van der Waals surface area contributed by atoms with Crippen LogP contribution >= 0.6 is 7.60 Å². The zero-order chi connectivity index (χ0) is 21.5. The molecule has 166 valence electrons. The molecule has 0 saturated heterocycles. The largest absolute Gasteiger partial charge is 0.373 e. The normalized spacial score (nSPS) is 15.5. The summed E-state index contributed by atoms with van der Waals surface area (Å²) in [6.07, 6.45) is 21.3. The molecule has 0 aromatic carbocycles. The quantitative estimate of drug-likeness (QED) is 0.128. The zero-order valence-corrected chi connectivity index (χ0v) is 19.5. The summed E-state index contributed by atoms with van der Waals surface area (Å²) in [5.74, 6) is 0. The predicted octanol–water partition coefficient (Wildman–Crippen LogP) is 5.37. The van der Waals surface area contributed by atoms with E-state index < -0.39 is 12.9 Å². The van der Waals surface area contributed by atoms with Crippen molar-refractivity contribution in [3.8, 4) is 0 Å². The molecule has 0 amide bonds. The van der Waals surface area contributed by atoms with Crippen molar-refractivity contribution >= 4 is 7.60 Å². The van der Waals surface area contributed by atoms with E-state index in [1.54, 1.807) is 0 Å². The van der Waals surface area contributed by atoms with E-state index in [0.29, 0.717) is 10.9 Å². The highest BCUT2D eigenvalue weighted by Gasteiger charge is 2.48. The van der Waals surface area contributed by atoms with E-state index in [1.165, 1.54) is 51.4 Å².